The third-order valence-electron chi connectivity index (χ3n) is 6.94. The summed E-state index contributed by atoms with van der Waals surface area (Å²) in [4.78, 5) is 25.9. The molecule has 2 heterocycles. The van der Waals surface area contributed by atoms with Crippen molar-refractivity contribution < 1.29 is 23.5 Å². The quantitative estimate of drug-likeness (QED) is 0.458. The molecule has 2 fully saturated rings. The van der Waals surface area contributed by atoms with Crippen LogP contribution in [0.25, 0.3) is 0 Å². The summed E-state index contributed by atoms with van der Waals surface area (Å²) in [5.74, 6) is 0.0149. The number of furan rings is 1. The van der Waals surface area contributed by atoms with Gasteiger partial charge < -0.3 is 13.9 Å². The maximum atomic E-state index is 13.3. The number of rotatable bonds is 3. The zero-order valence-corrected chi connectivity index (χ0v) is 16.0. The highest BCUT2D eigenvalue weighted by molar-refractivity contribution is 6.06. The van der Waals surface area contributed by atoms with E-state index in [-0.39, 0.29) is 23.8 Å². The van der Waals surface area contributed by atoms with Gasteiger partial charge in [0.1, 0.15) is 6.10 Å². The number of hydrogen-bond donors (Lipinski definition) is 0. The van der Waals surface area contributed by atoms with Crippen molar-refractivity contribution >= 4 is 11.8 Å². The third kappa shape index (κ3) is 2.01. The van der Waals surface area contributed by atoms with Crippen LogP contribution in [0.4, 0.5) is 0 Å². The summed E-state index contributed by atoms with van der Waals surface area (Å²) in [6.07, 6.45) is 5.05. The first kappa shape index (κ1) is 17.5. The number of carbonyl (C=O) groups excluding carboxylic acids is 2. The van der Waals surface area contributed by atoms with Crippen LogP contribution < -0.4 is 0 Å². The van der Waals surface area contributed by atoms with E-state index in [2.05, 4.69) is 6.92 Å². The highest BCUT2D eigenvalue weighted by atomic mass is 16.6. The van der Waals surface area contributed by atoms with Gasteiger partial charge in [-0.05, 0) is 44.6 Å². The van der Waals surface area contributed by atoms with E-state index in [1.807, 2.05) is 27.7 Å². The van der Waals surface area contributed by atoms with Crippen LogP contribution in [0.3, 0.4) is 0 Å². The van der Waals surface area contributed by atoms with Crippen LogP contribution >= 0.6 is 0 Å². The normalized spacial score (nSPS) is 38.3. The van der Waals surface area contributed by atoms with Crippen molar-refractivity contribution in [1.29, 1.82) is 0 Å². The van der Waals surface area contributed by atoms with Crippen LogP contribution in [0, 0.1) is 18.3 Å². The summed E-state index contributed by atoms with van der Waals surface area (Å²) in [5.41, 5.74) is 0.993. The second-order valence-electron chi connectivity index (χ2n) is 8.26. The van der Waals surface area contributed by atoms with E-state index in [1.165, 1.54) is 0 Å². The molecule has 1 aromatic rings. The van der Waals surface area contributed by atoms with Gasteiger partial charge in [0.25, 0.3) is 0 Å². The summed E-state index contributed by atoms with van der Waals surface area (Å²) in [6.45, 7) is 9.97. The van der Waals surface area contributed by atoms with Crippen LogP contribution in [-0.2, 0) is 14.3 Å². The lowest BCUT2D eigenvalue weighted by atomic mass is 9.53. The lowest BCUT2D eigenvalue weighted by Gasteiger charge is -2.49. The lowest BCUT2D eigenvalue weighted by molar-refractivity contribution is -0.159. The largest absolute Gasteiger partial charge is 0.460 e. The molecule has 5 nitrogen and oxygen atoms in total. The Balaban J connectivity index is 1.84. The molecule has 26 heavy (non-hydrogen) atoms. The van der Waals surface area contributed by atoms with Gasteiger partial charge in [0.15, 0.2) is 11.4 Å². The fourth-order valence-electron chi connectivity index (χ4n) is 4.95. The van der Waals surface area contributed by atoms with E-state index in [0.717, 1.165) is 30.4 Å². The molecule has 1 saturated heterocycles. The van der Waals surface area contributed by atoms with Crippen LogP contribution in [0.1, 0.15) is 74.7 Å². The monoisotopic (exact) mass is 358 g/mol. The van der Waals surface area contributed by atoms with E-state index < -0.39 is 17.1 Å². The molecule has 1 spiro atoms. The Morgan fingerprint density at radius 3 is 2.85 bits per heavy atom. The number of hydrogen-bond acceptors (Lipinski definition) is 5. The van der Waals surface area contributed by atoms with E-state index in [1.54, 1.807) is 12.3 Å². The second kappa shape index (κ2) is 5.56. The number of esters is 1. The highest BCUT2D eigenvalue weighted by Crippen LogP contribution is 2.69. The van der Waals surface area contributed by atoms with E-state index >= 15 is 0 Å². The smallest absolute Gasteiger partial charge is 0.331 e. The number of Topliss-reactive ketones (excluding diaryl/α,β-unsaturated/α-hetero) is 1. The summed E-state index contributed by atoms with van der Waals surface area (Å²) in [6, 6.07) is 0. The molecule has 5 heteroatoms. The van der Waals surface area contributed by atoms with Gasteiger partial charge in [-0.15, -0.1) is 0 Å². The minimum Gasteiger partial charge on any atom is -0.460 e. The molecule has 2 aliphatic carbocycles. The Bertz CT molecular complexity index is 818. The molecule has 5 unspecified atom stereocenters. The van der Waals surface area contributed by atoms with Crippen molar-refractivity contribution in [1.82, 2.24) is 0 Å². The number of epoxide rings is 1. The van der Waals surface area contributed by atoms with Gasteiger partial charge in [0, 0.05) is 11.6 Å². The summed E-state index contributed by atoms with van der Waals surface area (Å²) in [5, 5.41) is 0. The average molecular weight is 358 g/mol. The van der Waals surface area contributed by atoms with Crippen LogP contribution in [-0.4, -0.2) is 23.5 Å². The molecule has 1 saturated carbocycles. The van der Waals surface area contributed by atoms with Gasteiger partial charge in [-0.25, -0.2) is 4.79 Å². The molecule has 1 aliphatic heterocycles. The molecule has 0 N–H and O–H groups in total. The van der Waals surface area contributed by atoms with E-state index in [4.69, 9.17) is 13.9 Å². The number of ether oxygens (including phenoxy) is 2. The average Bonchev–Trinajstić information content (AvgIpc) is 3.24. The zero-order valence-electron chi connectivity index (χ0n) is 16.0. The van der Waals surface area contributed by atoms with Gasteiger partial charge in [0.2, 0.25) is 5.78 Å². The molecule has 5 atom stereocenters. The number of allylic oxidation sites excluding steroid dienone is 1. The SMILES string of the molecule is CCC(C)=CC(=O)OC1c2c(C)coc2C(=O)C23OC2CCC(C)C13C. The van der Waals surface area contributed by atoms with Crippen molar-refractivity contribution in [3.05, 3.63) is 34.8 Å². The third-order valence-corrected chi connectivity index (χ3v) is 6.94. The Hall–Kier alpha value is -1.88. The predicted octanol–water partition coefficient (Wildman–Crippen LogP) is 4.30. The number of fused-ring (bicyclic) bond motifs is 1. The predicted molar refractivity (Wildman–Crippen MR) is 94.8 cm³/mol. The fraction of sp³-hybridized carbons (Fsp3) is 0.619. The van der Waals surface area contributed by atoms with Crippen LogP contribution in [0.15, 0.2) is 22.3 Å². The first-order valence-corrected chi connectivity index (χ1v) is 9.45. The molecular formula is C21H26O5. The van der Waals surface area contributed by atoms with Gasteiger partial charge in [-0.1, -0.05) is 26.3 Å². The molecule has 3 aliphatic rings. The highest BCUT2D eigenvalue weighted by Gasteiger charge is 2.80. The lowest BCUT2D eigenvalue weighted by Crippen LogP contribution is -2.57. The Morgan fingerprint density at radius 2 is 2.15 bits per heavy atom. The number of aryl methyl sites for hydroxylation is 1. The Labute approximate surface area is 153 Å². The zero-order chi connectivity index (χ0) is 18.9. The van der Waals surface area contributed by atoms with Gasteiger partial charge in [-0.2, -0.15) is 0 Å². The van der Waals surface area contributed by atoms with Crippen molar-refractivity contribution in [2.75, 3.05) is 0 Å². The maximum Gasteiger partial charge on any atom is 0.331 e. The summed E-state index contributed by atoms with van der Waals surface area (Å²) >= 11 is 0. The molecule has 0 amide bonds. The van der Waals surface area contributed by atoms with Gasteiger partial charge in [0.05, 0.1) is 17.8 Å². The van der Waals surface area contributed by atoms with Gasteiger partial charge in [-0.3, -0.25) is 4.79 Å². The number of ketones is 1. The summed E-state index contributed by atoms with van der Waals surface area (Å²) in [7, 11) is 0. The maximum absolute atomic E-state index is 13.3. The van der Waals surface area contributed by atoms with Crippen LogP contribution in [0.2, 0.25) is 0 Å². The molecule has 4 rings (SSSR count). The minimum absolute atomic E-state index is 0.0905. The van der Waals surface area contributed by atoms with E-state index in [0.29, 0.717) is 11.3 Å². The van der Waals surface area contributed by atoms with Crippen molar-refractivity contribution in [2.24, 2.45) is 11.3 Å². The standard InChI is InChI=1S/C21H26O5/c1-6-11(2)9-15(22)25-19-16-12(3)10-24-17(16)18(23)21-14(26-21)8-7-13(4)20(19,21)5/h9-10,13-14,19H,6-8H2,1-5H3. The Kier molecular flexibility index (Phi) is 3.75. The molecule has 1 aromatic heterocycles. The summed E-state index contributed by atoms with van der Waals surface area (Å²) < 4.78 is 17.6. The minimum atomic E-state index is -0.920. The Morgan fingerprint density at radius 1 is 1.42 bits per heavy atom. The second-order valence-corrected chi connectivity index (χ2v) is 8.26. The molecule has 0 radical (unpaired) electrons. The molecule has 140 valence electrons. The van der Waals surface area contributed by atoms with Crippen molar-refractivity contribution in [3.63, 3.8) is 0 Å². The molecular weight excluding hydrogens is 332 g/mol. The van der Waals surface area contributed by atoms with Gasteiger partial charge >= 0.3 is 5.97 Å². The first-order chi connectivity index (χ1) is 12.3. The van der Waals surface area contributed by atoms with E-state index in [9.17, 15) is 9.59 Å². The molecule has 0 bridgehead atoms. The van der Waals surface area contributed by atoms with Crippen LogP contribution in [0.5, 0.6) is 0 Å². The number of carbonyl (C=O) groups is 2. The van der Waals surface area contributed by atoms with Crippen molar-refractivity contribution in [2.45, 2.75) is 71.7 Å². The topological polar surface area (TPSA) is 69.0 Å². The fourth-order valence-corrected chi connectivity index (χ4v) is 4.95. The van der Waals surface area contributed by atoms with Crippen molar-refractivity contribution in [3.8, 4) is 0 Å². The first-order valence-electron chi connectivity index (χ1n) is 9.45. The molecule has 0 aromatic carbocycles.